The normalized spacial score (nSPS) is 9.83. The van der Waals surface area contributed by atoms with Crippen LogP contribution in [0.25, 0.3) is 0 Å². The van der Waals surface area contributed by atoms with Gasteiger partial charge in [0.25, 0.3) is 0 Å². The van der Waals surface area contributed by atoms with Gasteiger partial charge < -0.3 is 4.74 Å². The van der Waals surface area contributed by atoms with Gasteiger partial charge in [0.1, 0.15) is 17.0 Å². The molecule has 90 valence electrons. The molecule has 0 aliphatic rings. The van der Waals surface area contributed by atoms with Gasteiger partial charge in [-0.15, -0.1) is 0 Å². The van der Waals surface area contributed by atoms with Gasteiger partial charge in [0.15, 0.2) is 5.75 Å². The summed E-state index contributed by atoms with van der Waals surface area (Å²) in [6.45, 7) is 0.0473. The average Bonchev–Trinajstić information content (AvgIpc) is 2.39. The van der Waals surface area contributed by atoms with Crippen LogP contribution in [0.4, 0.5) is 4.39 Å². The van der Waals surface area contributed by atoms with Crippen LogP contribution in [0.3, 0.4) is 0 Å². The monoisotopic (exact) mass is 306 g/mol. The first-order valence-corrected chi connectivity index (χ1v) is 5.92. The van der Waals surface area contributed by atoms with E-state index in [-0.39, 0.29) is 6.61 Å². The highest BCUT2D eigenvalue weighted by Gasteiger charge is 2.06. The summed E-state index contributed by atoms with van der Waals surface area (Å²) in [7, 11) is 0. The van der Waals surface area contributed by atoms with Gasteiger partial charge in [0, 0.05) is 11.8 Å². The highest BCUT2D eigenvalue weighted by molar-refractivity contribution is 9.10. The van der Waals surface area contributed by atoms with Gasteiger partial charge in [0.05, 0.1) is 11.6 Å². The van der Waals surface area contributed by atoms with E-state index >= 15 is 0 Å². The van der Waals surface area contributed by atoms with Crippen LogP contribution in [0.2, 0.25) is 0 Å². The van der Waals surface area contributed by atoms with Gasteiger partial charge in [-0.05, 0) is 46.3 Å². The number of rotatable bonds is 3. The smallest absolute Gasteiger partial charge is 0.152 e. The van der Waals surface area contributed by atoms with Gasteiger partial charge in [-0.1, -0.05) is 0 Å². The van der Waals surface area contributed by atoms with Crippen molar-refractivity contribution < 1.29 is 9.13 Å². The van der Waals surface area contributed by atoms with Crippen LogP contribution < -0.4 is 4.74 Å². The number of benzene rings is 1. The zero-order valence-electron chi connectivity index (χ0n) is 9.23. The zero-order valence-corrected chi connectivity index (χ0v) is 10.8. The maximum absolute atomic E-state index is 13.5. The summed E-state index contributed by atoms with van der Waals surface area (Å²) in [4.78, 5) is 3.99. The van der Waals surface area contributed by atoms with E-state index < -0.39 is 5.82 Å². The Labute approximate surface area is 112 Å². The Morgan fingerprint density at radius 1 is 1.39 bits per heavy atom. The molecule has 0 saturated heterocycles. The van der Waals surface area contributed by atoms with E-state index in [0.717, 1.165) is 0 Å². The molecule has 0 aliphatic heterocycles. The van der Waals surface area contributed by atoms with Crippen LogP contribution in [0.1, 0.15) is 11.1 Å². The standard InChI is InChI=1S/C13H8BrFN2O/c14-13-12(2-1-5-17-13)18-8-10-6-9(7-16)3-4-11(10)15/h1-6H,8H2. The van der Waals surface area contributed by atoms with Crippen molar-refractivity contribution in [1.82, 2.24) is 4.98 Å². The fourth-order valence-corrected chi connectivity index (χ4v) is 1.75. The summed E-state index contributed by atoms with van der Waals surface area (Å²) >= 11 is 3.23. The Balaban J connectivity index is 2.16. The molecular formula is C13H8BrFN2O. The number of hydrogen-bond donors (Lipinski definition) is 0. The van der Waals surface area contributed by atoms with E-state index in [1.54, 1.807) is 18.3 Å². The van der Waals surface area contributed by atoms with Crippen LogP contribution in [0.5, 0.6) is 5.75 Å². The second-order valence-electron chi connectivity index (χ2n) is 3.50. The van der Waals surface area contributed by atoms with E-state index in [2.05, 4.69) is 20.9 Å². The highest BCUT2D eigenvalue weighted by Crippen LogP contribution is 2.22. The van der Waals surface area contributed by atoms with E-state index in [1.807, 2.05) is 6.07 Å². The van der Waals surface area contributed by atoms with Crippen molar-refractivity contribution >= 4 is 15.9 Å². The Morgan fingerprint density at radius 3 is 2.94 bits per heavy atom. The fourth-order valence-electron chi connectivity index (χ4n) is 1.39. The summed E-state index contributed by atoms with van der Waals surface area (Å²) in [6, 6.07) is 9.57. The van der Waals surface area contributed by atoms with Gasteiger partial charge >= 0.3 is 0 Å². The minimum absolute atomic E-state index is 0.0473. The minimum atomic E-state index is -0.394. The molecule has 0 radical (unpaired) electrons. The molecule has 1 heterocycles. The summed E-state index contributed by atoms with van der Waals surface area (Å²) in [6.07, 6.45) is 1.62. The van der Waals surface area contributed by atoms with Crippen molar-refractivity contribution in [2.45, 2.75) is 6.61 Å². The molecule has 2 aromatic rings. The van der Waals surface area contributed by atoms with Crippen LogP contribution in [-0.4, -0.2) is 4.98 Å². The highest BCUT2D eigenvalue weighted by atomic mass is 79.9. The number of halogens is 2. The molecular weight excluding hydrogens is 299 g/mol. The van der Waals surface area contributed by atoms with Crippen molar-refractivity contribution in [3.63, 3.8) is 0 Å². The Hall–Kier alpha value is -1.93. The van der Waals surface area contributed by atoms with Crippen molar-refractivity contribution in [2.75, 3.05) is 0 Å². The van der Waals surface area contributed by atoms with Gasteiger partial charge in [-0.25, -0.2) is 9.37 Å². The molecule has 1 aromatic carbocycles. The molecule has 18 heavy (non-hydrogen) atoms. The summed E-state index contributed by atoms with van der Waals surface area (Å²) in [5.74, 6) is 0.133. The maximum atomic E-state index is 13.5. The van der Waals surface area contributed by atoms with Gasteiger partial charge in [0.2, 0.25) is 0 Å². The number of nitrogens with zero attached hydrogens (tertiary/aromatic N) is 2. The van der Waals surface area contributed by atoms with Crippen LogP contribution >= 0.6 is 15.9 Å². The first-order valence-electron chi connectivity index (χ1n) is 5.12. The molecule has 0 bridgehead atoms. The zero-order chi connectivity index (χ0) is 13.0. The van der Waals surface area contributed by atoms with E-state index in [0.29, 0.717) is 21.5 Å². The van der Waals surface area contributed by atoms with Gasteiger partial charge in [-0.2, -0.15) is 5.26 Å². The molecule has 0 aliphatic carbocycles. The van der Waals surface area contributed by atoms with E-state index in [4.69, 9.17) is 10.00 Å². The van der Waals surface area contributed by atoms with Crippen molar-refractivity contribution in [1.29, 1.82) is 5.26 Å². The fraction of sp³-hybridized carbons (Fsp3) is 0.0769. The molecule has 0 N–H and O–H groups in total. The molecule has 5 heteroatoms. The number of nitriles is 1. The van der Waals surface area contributed by atoms with E-state index in [1.165, 1.54) is 18.2 Å². The number of aromatic nitrogens is 1. The summed E-state index contributed by atoms with van der Waals surface area (Å²) in [5, 5.41) is 8.75. The molecule has 2 rings (SSSR count). The lowest BCUT2D eigenvalue weighted by Crippen LogP contribution is -2.00. The Bertz CT molecular complexity index is 610. The molecule has 0 atom stereocenters. The Morgan fingerprint density at radius 2 is 2.22 bits per heavy atom. The molecule has 0 unspecified atom stereocenters. The van der Waals surface area contributed by atoms with Crippen LogP contribution in [0, 0.1) is 17.1 Å². The van der Waals surface area contributed by atoms with Crippen LogP contribution in [-0.2, 0) is 6.61 Å². The predicted molar refractivity (Wildman–Crippen MR) is 67.4 cm³/mol. The number of hydrogen-bond acceptors (Lipinski definition) is 3. The summed E-state index contributed by atoms with van der Waals surface area (Å²) < 4.78 is 19.5. The predicted octanol–water partition coefficient (Wildman–Crippen LogP) is 3.43. The summed E-state index contributed by atoms with van der Waals surface area (Å²) in [5.41, 5.74) is 0.741. The SMILES string of the molecule is N#Cc1ccc(F)c(COc2cccnc2Br)c1. The van der Waals surface area contributed by atoms with Crippen molar-refractivity contribution in [3.05, 3.63) is 58.1 Å². The topological polar surface area (TPSA) is 45.9 Å². The third-order valence-corrected chi connectivity index (χ3v) is 2.88. The minimum Gasteiger partial charge on any atom is -0.486 e. The third kappa shape index (κ3) is 2.84. The van der Waals surface area contributed by atoms with Crippen molar-refractivity contribution in [3.8, 4) is 11.8 Å². The molecule has 0 amide bonds. The second kappa shape index (κ2) is 5.61. The maximum Gasteiger partial charge on any atom is 0.152 e. The quantitative estimate of drug-likeness (QED) is 0.816. The first kappa shape index (κ1) is 12.5. The molecule has 0 fully saturated rings. The number of pyridine rings is 1. The lowest BCUT2D eigenvalue weighted by molar-refractivity contribution is 0.296. The lowest BCUT2D eigenvalue weighted by Gasteiger charge is -2.08. The Kier molecular flexibility index (Phi) is 3.90. The molecule has 3 nitrogen and oxygen atoms in total. The first-order chi connectivity index (χ1) is 8.70. The third-order valence-electron chi connectivity index (χ3n) is 2.28. The van der Waals surface area contributed by atoms with Crippen LogP contribution in [0.15, 0.2) is 41.1 Å². The second-order valence-corrected chi connectivity index (χ2v) is 4.25. The average molecular weight is 307 g/mol. The molecule has 1 aromatic heterocycles. The lowest BCUT2D eigenvalue weighted by atomic mass is 10.1. The largest absolute Gasteiger partial charge is 0.486 e. The molecule has 0 spiro atoms. The van der Waals surface area contributed by atoms with Crippen molar-refractivity contribution in [2.24, 2.45) is 0 Å². The van der Waals surface area contributed by atoms with E-state index in [9.17, 15) is 4.39 Å². The number of ether oxygens (including phenoxy) is 1. The van der Waals surface area contributed by atoms with Gasteiger partial charge in [-0.3, -0.25) is 0 Å². The molecule has 0 saturated carbocycles.